The van der Waals surface area contributed by atoms with Crippen molar-refractivity contribution in [3.8, 4) is 6.07 Å². The van der Waals surface area contributed by atoms with E-state index < -0.39 is 0 Å². The van der Waals surface area contributed by atoms with Gasteiger partial charge >= 0.3 is 0 Å². The van der Waals surface area contributed by atoms with Crippen LogP contribution in [0.4, 0.5) is 5.69 Å². The molecule has 0 fully saturated rings. The van der Waals surface area contributed by atoms with E-state index in [1.54, 1.807) is 0 Å². The van der Waals surface area contributed by atoms with E-state index in [1.807, 2.05) is 25.1 Å². The number of hydrogen-bond donors (Lipinski definition) is 1. The molecule has 0 saturated carbocycles. The SMILES string of the molecule is Cc1cc(C#N)ccc1N(CCO)C(C)C. The number of aliphatic hydroxyl groups excluding tert-OH is 1. The van der Waals surface area contributed by atoms with Crippen molar-refractivity contribution in [2.75, 3.05) is 18.1 Å². The van der Waals surface area contributed by atoms with Crippen molar-refractivity contribution in [1.82, 2.24) is 0 Å². The van der Waals surface area contributed by atoms with Gasteiger partial charge in [-0.1, -0.05) is 0 Å². The van der Waals surface area contributed by atoms with Crippen LogP contribution in [0.15, 0.2) is 18.2 Å². The fourth-order valence-electron chi connectivity index (χ4n) is 1.81. The second kappa shape index (κ2) is 5.53. The molecule has 16 heavy (non-hydrogen) atoms. The number of nitriles is 1. The lowest BCUT2D eigenvalue weighted by molar-refractivity contribution is 0.299. The van der Waals surface area contributed by atoms with Crippen molar-refractivity contribution >= 4 is 5.69 Å². The maximum absolute atomic E-state index is 9.04. The Bertz CT molecular complexity index is 393. The van der Waals surface area contributed by atoms with Gasteiger partial charge in [-0.15, -0.1) is 0 Å². The molecule has 0 saturated heterocycles. The van der Waals surface area contributed by atoms with Crippen molar-refractivity contribution in [2.24, 2.45) is 0 Å². The second-order valence-corrected chi connectivity index (χ2v) is 4.12. The first-order valence-electron chi connectivity index (χ1n) is 5.48. The Morgan fingerprint density at radius 3 is 2.56 bits per heavy atom. The molecule has 0 aromatic heterocycles. The van der Waals surface area contributed by atoms with Gasteiger partial charge in [0.2, 0.25) is 0 Å². The quantitative estimate of drug-likeness (QED) is 0.841. The molecule has 0 atom stereocenters. The molecular weight excluding hydrogens is 200 g/mol. The molecule has 1 aromatic rings. The molecule has 1 N–H and O–H groups in total. The van der Waals surface area contributed by atoms with Gasteiger partial charge in [0.15, 0.2) is 0 Å². The van der Waals surface area contributed by atoms with Gasteiger partial charge in [-0.25, -0.2) is 0 Å². The van der Waals surface area contributed by atoms with E-state index in [9.17, 15) is 0 Å². The summed E-state index contributed by atoms with van der Waals surface area (Å²) in [6.45, 7) is 6.92. The minimum atomic E-state index is 0.137. The van der Waals surface area contributed by atoms with E-state index in [0.717, 1.165) is 11.3 Å². The van der Waals surface area contributed by atoms with Gasteiger partial charge in [-0.3, -0.25) is 0 Å². The standard InChI is InChI=1S/C13H18N2O/c1-10(2)15(6-7-16)13-5-4-12(9-14)8-11(13)3/h4-5,8,10,16H,6-7H2,1-3H3. The second-order valence-electron chi connectivity index (χ2n) is 4.12. The third kappa shape index (κ3) is 2.74. The summed E-state index contributed by atoms with van der Waals surface area (Å²) in [5.41, 5.74) is 2.83. The summed E-state index contributed by atoms with van der Waals surface area (Å²) in [4.78, 5) is 2.14. The summed E-state index contributed by atoms with van der Waals surface area (Å²) in [5, 5.41) is 17.8. The molecule has 0 amide bonds. The van der Waals surface area contributed by atoms with Crippen LogP contribution in [-0.2, 0) is 0 Å². The predicted octanol–water partition coefficient (Wildman–Crippen LogP) is 2.07. The van der Waals surface area contributed by atoms with Crippen LogP contribution in [0.25, 0.3) is 0 Å². The maximum atomic E-state index is 9.04. The molecule has 3 heteroatoms. The van der Waals surface area contributed by atoms with Gasteiger partial charge in [0.25, 0.3) is 0 Å². The fourth-order valence-corrected chi connectivity index (χ4v) is 1.81. The Morgan fingerprint density at radius 2 is 2.12 bits per heavy atom. The highest BCUT2D eigenvalue weighted by molar-refractivity contribution is 5.56. The first-order chi connectivity index (χ1) is 7.60. The topological polar surface area (TPSA) is 47.3 Å². The lowest BCUT2D eigenvalue weighted by atomic mass is 10.1. The van der Waals surface area contributed by atoms with Gasteiger partial charge in [0.1, 0.15) is 0 Å². The summed E-state index contributed by atoms with van der Waals surface area (Å²) < 4.78 is 0. The van der Waals surface area contributed by atoms with Crippen LogP contribution in [-0.4, -0.2) is 24.3 Å². The van der Waals surface area contributed by atoms with E-state index in [-0.39, 0.29) is 6.61 Å². The summed E-state index contributed by atoms with van der Waals surface area (Å²) in [6.07, 6.45) is 0. The van der Waals surface area contributed by atoms with E-state index in [2.05, 4.69) is 24.8 Å². The lowest BCUT2D eigenvalue weighted by Crippen LogP contribution is -2.33. The van der Waals surface area contributed by atoms with Crippen molar-refractivity contribution in [3.63, 3.8) is 0 Å². The zero-order valence-corrected chi connectivity index (χ0v) is 10.1. The van der Waals surface area contributed by atoms with E-state index in [4.69, 9.17) is 10.4 Å². The number of nitrogens with zero attached hydrogens (tertiary/aromatic N) is 2. The highest BCUT2D eigenvalue weighted by Gasteiger charge is 2.12. The lowest BCUT2D eigenvalue weighted by Gasteiger charge is -2.29. The third-order valence-electron chi connectivity index (χ3n) is 2.60. The zero-order chi connectivity index (χ0) is 12.1. The van der Waals surface area contributed by atoms with Crippen LogP contribution >= 0.6 is 0 Å². The first-order valence-corrected chi connectivity index (χ1v) is 5.48. The third-order valence-corrected chi connectivity index (χ3v) is 2.60. The van der Waals surface area contributed by atoms with E-state index in [1.165, 1.54) is 0 Å². The Morgan fingerprint density at radius 1 is 1.44 bits per heavy atom. The van der Waals surface area contributed by atoms with Gasteiger partial charge in [-0.05, 0) is 44.5 Å². The Labute approximate surface area is 96.9 Å². The molecule has 0 spiro atoms. The number of anilines is 1. The van der Waals surface area contributed by atoms with Crippen LogP contribution in [0.1, 0.15) is 25.0 Å². The largest absolute Gasteiger partial charge is 0.395 e. The number of aliphatic hydroxyl groups is 1. The van der Waals surface area contributed by atoms with Crippen LogP contribution in [0.5, 0.6) is 0 Å². The summed E-state index contributed by atoms with van der Waals surface area (Å²) in [7, 11) is 0. The minimum absolute atomic E-state index is 0.137. The van der Waals surface area contributed by atoms with Crippen molar-refractivity contribution in [2.45, 2.75) is 26.8 Å². The molecule has 0 bridgehead atoms. The highest BCUT2D eigenvalue weighted by atomic mass is 16.3. The zero-order valence-electron chi connectivity index (χ0n) is 10.1. The molecule has 86 valence electrons. The van der Waals surface area contributed by atoms with Crippen molar-refractivity contribution in [1.29, 1.82) is 5.26 Å². The van der Waals surface area contributed by atoms with E-state index >= 15 is 0 Å². The first kappa shape index (κ1) is 12.5. The van der Waals surface area contributed by atoms with Crippen LogP contribution in [0.3, 0.4) is 0 Å². The average Bonchev–Trinajstić information content (AvgIpc) is 2.26. The number of benzene rings is 1. The number of hydrogen-bond acceptors (Lipinski definition) is 3. The maximum Gasteiger partial charge on any atom is 0.0991 e. The number of aryl methyl sites for hydroxylation is 1. The molecule has 0 aliphatic carbocycles. The van der Waals surface area contributed by atoms with Crippen molar-refractivity contribution in [3.05, 3.63) is 29.3 Å². The molecule has 0 heterocycles. The van der Waals surface area contributed by atoms with Crippen LogP contribution in [0, 0.1) is 18.3 Å². The van der Waals surface area contributed by atoms with Gasteiger partial charge < -0.3 is 10.0 Å². The van der Waals surface area contributed by atoms with Gasteiger partial charge in [0.05, 0.1) is 18.2 Å². The summed E-state index contributed by atoms with van der Waals surface area (Å²) >= 11 is 0. The number of rotatable bonds is 4. The Kier molecular flexibility index (Phi) is 4.33. The molecular formula is C13H18N2O. The highest BCUT2D eigenvalue weighted by Crippen LogP contribution is 2.22. The van der Waals surface area contributed by atoms with Crippen molar-refractivity contribution < 1.29 is 5.11 Å². The Balaban J connectivity index is 3.06. The van der Waals surface area contributed by atoms with Crippen LogP contribution in [0.2, 0.25) is 0 Å². The average molecular weight is 218 g/mol. The minimum Gasteiger partial charge on any atom is -0.395 e. The summed E-state index contributed by atoms with van der Waals surface area (Å²) in [5.74, 6) is 0. The molecule has 3 nitrogen and oxygen atoms in total. The molecule has 0 radical (unpaired) electrons. The smallest absolute Gasteiger partial charge is 0.0991 e. The normalized spacial score (nSPS) is 10.2. The summed E-state index contributed by atoms with van der Waals surface area (Å²) in [6, 6.07) is 8.10. The molecule has 1 aromatic carbocycles. The Hall–Kier alpha value is -1.53. The predicted molar refractivity (Wildman–Crippen MR) is 65.5 cm³/mol. The van der Waals surface area contributed by atoms with E-state index in [0.29, 0.717) is 18.2 Å². The molecule has 0 unspecified atom stereocenters. The molecule has 0 aliphatic heterocycles. The monoisotopic (exact) mass is 218 g/mol. The fraction of sp³-hybridized carbons (Fsp3) is 0.462. The van der Waals surface area contributed by atoms with Crippen LogP contribution < -0.4 is 4.90 Å². The van der Waals surface area contributed by atoms with Gasteiger partial charge in [0, 0.05) is 18.3 Å². The van der Waals surface area contributed by atoms with Gasteiger partial charge in [-0.2, -0.15) is 5.26 Å². The molecule has 1 rings (SSSR count). The molecule has 0 aliphatic rings.